The van der Waals surface area contributed by atoms with Crippen molar-refractivity contribution in [2.75, 3.05) is 33.9 Å². The Morgan fingerprint density at radius 3 is 2.64 bits per heavy atom. The number of rotatable bonds is 7. The van der Waals surface area contributed by atoms with Gasteiger partial charge >= 0.3 is 0 Å². The first kappa shape index (κ1) is 29.5. The van der Waals surface area contributed by atoms with E-state index >= 15 is 0 Å². The Kier molecular flexibility index (Phi) is 10.7. The molecule has 0 saturated carbocycles. The molecule has 1 aliphatic rings. The number of nitrogens with zero attached hydrogens (tertiary/aromatic N) is 1. The maximum Gasteiger partial charge on any atom is 0.255 e. The Hall–Kier alpha value is -4.08. The number of amides is 4. The Morgan fingerprint density at radius 2 is 1.90 bits per heavy atom. The molecule has 0 bridgehead atoms. The van der Waals surface area contributed by atoms with Gasteiger partial charge in [0.2, 0.25) is 17.7 Å². The molecule has 10 nitrogen and oxygen atoms in total. The molecule has 3 N–H and O–H groups in total. The molecule has 0 fully saturated rings. The first-order chi connectivity index (χ1) is 18.7. The number of hydrogen-bond acceptors (Lipinski definition) is 6. The number of carbonyl (C=O) groups is 4. The number of likely N-dealkylation sites (N-methyl/N-ethyl adjacent to an activating group) is 1. The van der Waals surface area contributed by atoms with Crippen molar-refractivity contribution >= 4 is 23.6 Å². The molecule has 0 unspecified atom stereocenters. The van der Waals surface area contributed by atoms with Crippen molar-refractivity contribution in [3.8, 4) is 11.5 Å². The van der Waals surface area contributed by atoms with Crippen molar-refractivity contribution in [2.45, 2.75) is 45.2 Å². The Morgan fingerprint density at radius 1 is 1.13 bits per heavy atom. The van der Waals surface area contributed by atoms with E-state index in [1.165, 1.54) is 4.90 Å². The lowest BCUT2D eigenvalue weighted by Crippen LogP contribution is -2.54. The quantitative estimate of drug-likeness (QED) is 0.463. The van der Waals surface area contributed by atoms with E-state index in [4.69, 9.17) is 9.47 Å². The van der Waals surface area contributed by atoms with Crippen LogP contribution >= 0.6 is 0 Å². The van der Waals surface area contributed by atoms with Gasteiger partial charge < -0.3 is 30.3 Å². The molecule has 2 atom stereocenters. The first-order valence-electron chi connectivity index (χ1n) is 13.2. The molecule has 0 radical (unpaired) electrons. The SMILES string of the molecule is COc1cccc(CCCNC(=O)[C@@H]2CC(=O)N[C@@H](C(C)C)C(=O)N(C)CCOc3ccccc3C(=O)N2)c1. The highest BCUT2D eigenvalue weighted by molar-refractivity contribution is 6.01. The third kappa shape index (κ3) is 8.46. The minimum absolute atomic E-state index is 0.155. The largest absolute Gasteiger partial charge is 0.497 e. The van der Waals surface area contributed by atoms with Crippen LogP contribution in [0.5, 0.6) is 11.5 Å². The number of benzene rings is 2. The minimum Gasteiger partial charge on any atom is -0.497 e. The van der Waals surface area contributed by atoms with Crippen molar-refractivity contribution in [1.82, 2.24) is 20.9 Å². The number of fused-ring (bicyclic) bond motifs is 1. The molecule has 2 aromatic carbocycles. The Balaban J connectivity index is 1.75. The van der Waals surface area contributed by atoms with Crippen molar-refractivity contribution < 1.29 is 28.7 Å². The van der Waals surface area contributed by atoms with Crippen LogP contribution in [0.15, 0.2) is 48.5 Å². The summed E-state index contributed by atoms with van der Waals surface area (Å²) >= 11 is 0. The van der Waals surface area contributed by atoms with Crippen molar-refractivity contribution in [1.29, 1.82) is 0 Å². The Bertz CT molecular complexity index is 1170. The second kappa shape index (κ2) is 14.2. The van der Waals surface area contributed by atoms with Crippen molar-refractivity contribution in [3.05, 3.63) is 59.7 Å². The van der Waals surface area contributed by atoms with E-state index in [1.807, 2.05) is 38.1 Å². The second-order valence-corrected chi connectivity index (χ2v) is 9.87. The lowest BCUT2D eigenvalue weighted by Gasteiger charge is -2.28. The molecule has 10 heteroatoms. The fraction of sp³-hybridized carbons (Fsp3) is 0.448. The molecular weight excluding hydrogens is 500 g/mol. The van der Waals surface area contributed by atoms with E-state index in [0.717, 1.165) is 11.3 Å². The van der Waals surface area contributed by atoms with Crippen LogP contribution in [0.3, 0.4) is 0 Å². The number of carbonyl (C=O) groups excluding carboxylic acids is 4. The zero-order valence-electron chi connectivity index (χ0n) is 23.0. The van der Waals surface area contributed by atoms with E-state index in [-0.39, 0.29) is 37.0 Å². The first-order valence-corrected chi connectivity index (χ1v) is 13.2. The molecule has 0 spiro atoms. The molecule has 1 heterocycles. The summed E-state index contributed by atoms with van der Waals surface area (Å²) in [6.07, 6.45) is 1.04. The third-order valence-corrected chi connectivity index (χ3v) is 6.53. The molecule has 1 aliphatic heterocycles. The van der Waals surface area contributed by atoms with Gasteiger partial charge in [-0.1, -0.05) is 38.1 Å². The highest BCUT2D eigenvalue weighted by atomic mass is 16.5. The van der Waals surface area contributed by atoms with Gasteiger partial charge in [-0.2, -0.15) is 0 Å². The van der Waals surface area contributed by atoms with Gasteiger partial charge in [-0.25, -0.2) is 0 Å². The minimum atomic E-state index is -1.15. The standard InChI is InChI=1S/C29H38N4O6/c1-19(2)26-29(37)33(3)15-16-39-24-13-6-5-12-22(24)27(35)31-23(18-25(34)32-26)28(36)30-14-8-10-20-9-7-11-21(17-20)38-4/h5-7,9,11-13,17,19,23,26H,8,10,14-16,18H2,1-4H3,(H,30,36)(H,31,35)(H,32,34)/t23-,26-/m0/s1. The lowest BCUT2D eigenvalue weighted by atomic mass is 10.0. The molecule has 2 aromatic rings. The summed E-state index contributed by atoms with van der Waals surface area (Å²) in [5.74, 6) is -0.870. The van der Waals surface area contributed by atoms with E-state index in [9.17, 15) is 19.2 Å². The summed E-state index contributed by atoms with van der Waals surface area (Å²) in [4.78, 5) is 53.9. The molecule has 0 saturated heterocycles. The second-order valence-electron chi connectivity index (χ2n) is 9.87. The fourth-order valence-corrected chi connectivity index (χ4v) is 4.25. The predicted molar refractivity (Wildman–Crippen MR) is 147 cm³/mol. The summed E-state index contributed by atoms with van der Waals surface area (Å²) in [6, 6.07) is 12.4. The zero-order chi connectivity index (χ0) is 28.4. The monoisotopic (exact) mass is 538 g/mol. The number of aryl methyl sites for hydroxylation is 1. The average molecular weight is 539 g/mol. The van der Waals surface area contributed by atoms with Gasteiger partial charge in [0.15, 0.2) is 0 Å². The van der Waals surface area contributed by atoms with Crippen LogP contribution in [0.25, 0.3) is 0 Å². The molecule has 3 rings (SSSR count). The number of ether oxygens (including phenoxy) is 2. The lowest BCUT2D eigenvalue weighted by molar-refractivity contribution is -0.137. The van der Waals surface area contributed by atoms with Crippen molar-refractivity contribution in [2.24, 2.45) is 5.92 Å². The van der Waals surface area contributed by atoms with Crippen LogP contribution in [0.2, 0.25) is 0 Å². The topological polar surface area (TPSA) is 126 Å². The van der Waals surface area contributed by atoms with Gasteiger partial charge in [-0.05, 0) is 48.6 Å². The van der Waals surface area contributed by atoms with Crippen LogP contribution in [0.1, 0.15) is 42.6 Å². The van der Waals surface area contributed by atoms with Crippen LogP contribution in [-0.4, -0.2) is 74.5 Å². The normalized spacial score (nSPS) is 18.8. The number of nitrogens with one attached hydrogen (secondary N) is 3. The van der Waals surface area contributed by atoms with Crippen LogP contribution in [-0.2, 0) is 20.8 Å². The summed E-state index contributed by atoms with van der Waals surface area (Å²) in [5, 5.41) is 8.28. The molecule has 0 aromatic heterocycles. The molecular formula is C29H38N4O6. The van der Waals surface area contributed by atoms with Crippen molar-refractivity contribution in [3.63, 3.8) is 0 Å². The number of methoxy groups -OCH3 is 1. The molecule has 0 aliphatic carbocycles. The molecule has 210 valence electrons. The summed E-state index contributed by atoms with van der Waals surface area (Å²) in [5.41, 5.74) is 1.31. The smallest absolute Gasteiger partial charge is 0.255 e. The van der Waals surface area contributed by atoms with E-state index in [0.29, 0.717) is 25.1 Å². The maximum atomic E-state index is 13.2. The van der Waals surface area contributed by atoms with Gasteiger partial charge in [0.1, 0.15) is 30.2 Å². The van der Waals surface area contributed by atoms with Crippen LogP contribution in [0, 0.1) is 5.92 Å². The summed E-state index contributed by atoms with van der Waals surface area (Å²) in [7, 11) is 3.25. The molecule has 39 heavy (non-hydrogen) atoms. The number of hydrogen-bond donors (Lipinski definition) is 3. The van der Waals surface area contributed by atoms with Gasteiger partial charge in [0.05, 0.1) is 25.6 Å². The number of para-hydroxylation sites is 1. The van der Waals surface area contributed by atoms with Crippen LogP contribution < -0.4 is 25.4 Å². The molecule has 4 amide bonds. The highest BCUT2D eigenvalue weighted by Gasteiger charge is 2.31. The van der Waals surface area contributed by atoms with Gasteiger partial charge in [-0.3, -0.25) is 19.2 Å². The zero-order valence-corrected chi connectivity index (χ0v) is 23.0. The van der Waals surface area contributed by atoms with Crippen LogP contribution in [0.4, 0.5) is 0 Å². The fourth-order valence-electron chi connectivity index (χ4n) is 4.25. The summed E-state index contributed by atoms with van der Waals surface area (Å²) in [6.45, 7) is 4.44. The van der Waals surface area contributed by atoms with E-state index in [1.54, 1.807) is 38.4 Å². The Labute approximate surface area is 229 Å². The summed E-state index contributed by atoms with van der Waals surface area (Å²) < 4.78 is 11.1. The third-order valence-electron chi connectivity index (χ3n) is 6.53. The average Bonchev–Trinajstić information content (AvgIpc) is 2.92. The maximum absolute atomic E-state index is 13.2. The predicted octanol–water partition coefficient (Wildman–Crippen LogP) is 1.92. The van der Waals surface area contributed by atoms with Gasteiger partial charge in [0, 0.05) is 13.6 Å². The van der Waals surface area contributed by atoms with E-state index < -0.39 is 29.8 Å². The highest BCUT2D eigenvalue weighted by Crippen LogP contribution is 2.19. The van der Waals surface area contributed by atoms with Gasteiger partial charge in [0.25, 0.3) is 5.91 Å². The van der Waals surface area contributed by atoms with Gasteiger partial charge in [-0.15, -0.1) is 0 Å². The van der Waals surface area contributed by atoms with E-state index in [2.05, 4.69) is 16.0 Å².